The van der Waals surface area contributed by atoms with E-state index < -0.39 is 21.4 Å². The number of carbonyl (C=O) groups is 1. The van der Waals surface area contributed by atoms with Crippen LogP contribution in [0.4, 0.5) is 0 Å². The molecule has 2 fully saturated rings. The van der Waals surface area contributed by atoms with Gasteiger partial charge in [0.05, 0.1) is 11.2 Å². The minimum atomic E-state index is -3.25. The van der Waals surface area contributed by atoms with Crippen LogP contribution in [-0.4, -0.2) is 42.6 Å². The molecule has 2 aliphatic rings. The van der Waals surface area contributed by atoms with Crippen molar-refractivity contribution in [2.24, 2.45) is 11.3 Å². The molecule has 1 heterocycles. The summed E-state index contributed by atoms with van der Waals surface area (Å²) in [6, 6.07) is 0. The normalized spacial score (nSPS) is 31.4. The Morgan fingerprint density at radius 3 is 2.53 bits per heavy atom. The monoisotopic (exact) mass is 261 g/mol. The minimum absolute atomic E-state index is 0.122. The van der Waals surface area contributed by atoms with Crippen LogP contribution in [0.5, 0.6) is 0 Å². The van der Waals surface area contributed by atoms with Crippen molar-refractivity contribution in [3.63, 3.8) is 0 Å². The molecule has 1 unspecified atom stereocenters. The first-order valence-electron chi connectivity index (χ1n) is 6.05. The zero-order valence-corrected chi connectivity index (χ0v) is 10.9. The first-order chi connectivity index (χ1) is 7.83. The number of nitrogens with zero attached hydrogens (tertiary/aromatic N) is 1. The Hall–Kier alpha value is -0.620. The second-order valence-electron chi connectivity index (χ2n) is 5.52. The molecule has 2 rings (SSSR count). The Labute approximate surface area is 102 Å². The van der Waals surface area contributed by atoms with E-state index in [9.17, 15) is 13.2 Å². The maximum Gasteiger partial charge on any atom is 0.310 e. The number of aliphatic carboxylic acids is 1. The Bertz CT molecular complexity index is 415. The number of rotatable bonds is 4. The average molecular weight is 261 g/mol. The van der Waals surface area contributed by atoms with Gasteiger partial charge in [0.2, 0.25) is 10.0 Å². The molecule has 6 heteroatoms. The Balaban J connectivity index is 2.01. The van der Waals surface area contributed by atoms with Crippen LogP contribution in [-0.2, 0) is 14.8 Å². The van der Waals surface area contributed by atoms with Crippen molar-refractivity contribution >= 4 is 16.0 Å². The lowest BCUT2D eigenvalue weighted by molar-refractivity contribution is -0.146. The molecule has 0 aromatic rings. The molecule has 1 aliphatic heterocycles. The number of carboxylic acids is 1. The van der Waals surface area contributed by atoms with Gasteiger partial charge >= 0.3 is 5.97 Å². The zero-order chi connectivity index (χ0) is 12.7. The highest BCUT2D eigenvalue weighted by Crippen LogP contribution is 2.34. The number of hydrogen-bond acceptors (Lipinski definition) is 3. The first-order valence-corrected chi connectivity index (χ1v) is 7.66. The number of carboxylic acid groups (broad SMARTS) is 1. The van der Waals surface area contributed by atoms with E-state index >= 15 is 0 Å². The third-order valence-corrected chi connectivity index (χ3v) is 6.01. The fraction of sp³-hybridized carbons (Fsp3) is 0.909. The lowest BCUT2D eigenvalue weighted by Gasteiger charge is -2.27. The SMILES string of the molecule is CC1(C(=O)O)CCN(S(=O)(=O)CC2CCC2)C1. The summed E-state index contributed by atoms with van der Waals surface area (Å²) in [7, 11) is -3.25. The van der Waals surface area contributed by atoms with Crippen LogP contribution in [0.3, 0.4) is 0 Å². The molecule has 1 N–H and O–H groups in total. The van der Waals surface area contributed by atoms with Gasteiger partial charge in [0.1, 0.15) is 0 Å². The number of hydrogen-bond donors (Lipinski definition) is 1. The third kappa shape index (κ3) is 2.47. The van der Waals surface area contributed by atoms with Gasteiger partial charge in [-0.05, 0) is 32.1 Å². The molecular weight excluding hydrogens is 242 g/mol. The summed E-state index contributed by atoms with van der Waals surface area (Å²) in [5.41, 5.74) is -0.910. The van der Waals surface area contributed by atoms with E-state index in [-0.39, 0.29) is 18.2 Å². The van der Waals surface area contributed by atoms with E-state index in [1.807, 2.05) is 0 Å². The molecule has 0 amide bonds. The molecule has 1 saturated carbocycles. The van der Waals surface area contributed by atoms with Gasteiger partial charge in [0.15, 0.2) is 0 Å². The van der Waals surface area contributed by atoms with Crippen molar-refractivity contribution in [1.29, 1.82) is 0 Å². The molecule has 1 saturated heterocycles. The van der Waals surface area contributed by atoms with Crippen LogP contribution in [0.25, 0.3) is 0 Å². The second-order valence-corrected chi connectivity index (χ2v) is 7.54. The maximum atomic E-state index is 12.1. The molecule has 98 valence electrons. The standard InChI is InChI=1S/C11H19NO4S/c1-11(10(13)14)5-6-12(8-11)17(15,16)7-9-3-2-4-9/h9H,2-8H2,1H3,(H,13,14). The van der Waals surface area contributed by atoms with Crippen LogP contribution in [0.2, 0.25) is 0 Å². The summed E-state index contributed by atoms with van der Waals surface area (Å²) in [6.45, 7) is 2.09. The van der Waals surface area contributed by atoms with Crippen LogP contribution in [0.1, 0.15) is 32.6 Å². The highest BCUT2D eigenvalue weighted by Gasteiger charge is 2.45. The fourth-order valence-electron chi connectivity index (χ4n) is 2.39. The van der Waals surface area contributed by atoms with Crippen molar-refractivity contribution < 1.29 is 18.3 Å². The zero-order valence-electron chi connectivity index (χ0n) is 10.1. The smallest absolute Gasteiger partial charge is 0.310 e. The predicted molar refractivity (Wildman–Crippen MR) is 63.1 cm³/mol. The molecule has 0 aromatic carbocycles. The molecule has 1 atom stereocenters. The Morgan fingerprint density at radius 1 is 1.47 bits per heavy atom. The third-order valence-electron chi connectivity index (χ3n) is 4.02. The maximum absolute atomic E-state index is 12.1. The van der Waals surface area contributed by atoms with Crippen LogP contribution >= 0.6 is 0 Å². The van der Waals surface area contributed by atoms with Crippen molar-refractivity contribution in [3.05, 3.63) is 0 Å². The topological polar surface area (TPSA) is 74.7 Å². The molecule has 0 aromatic heterocycles. The Kier molecular flexibility index (Phi) is 3.20. The van der Waals surface area contributed by atoms with E-state index in [0.29, 0.717) is 13.0 Å². The van der Waals surface area contributed by atoms with E-state index in [2.05, 4.69) is 0 Å². The summed E-state index contributed by atoms with van der Waals surface area (Å²) < 4.78 is 25.5. The summed E-state index contributed by atoms with van der Waals surface area (Å²) in [4.78, 5) is 11.1. The van der Waals surface area contributed by atoms with Crippen molar-refractivity contribution in [1.82, 2.24) is 4.31 Å². The fourth-order valence-corrected chi connectivity index (χ4v) is 4.38. The minimum Gasteiger partial charge on any atom is -0.481 e. The summed E-state index contributed by atoms with van der Waals surface area (Å²) >= 11 is 0. The van der Waals surface area contributed by atoms with Gasteiger partial charge in [-0.15, -0.1) is 0 Å². The van der Waals surface area contributed by atoms with Crippen LogP contribution < -0.4 is 0 Å². The summed E-state index contributed by atoms with van der Waals surface area (Å²) in [6.07, 6.45) is 3.51. The molecule has 0 radical (unpaired) electrons. The van der Waals surface area contributed by atoms with Crippen LogP contribution in [0.15, 0.2) is 0 Å². The van der Waals surface area contributed by atoms with Gasteiger partial charge in [0, 0.05) is 13.1 Å². The number of sulfonamides is 1. The highest BCUT2D eigenvalue weighted by atomic mass is 32.2. The van der Waals surface area contributed by atoms with Gasteiger partial charge < -0.3 is 5.11 Å². The lowest BCUT2D eigenvalue weighted by atomic mass is 9.87. The Morgan fingerprint density at radius 2 is 2.12 bits per heavy atom. The van der Waals surface area contributed by atoms with E-state index in [1.165, 1.54) is 4.31 Å². The quantitative estimate of drug-likeness (QED) is 0.816. The van der Waals surface area contributed by atoms with Crippen LogP contribution in [0, 0.1) is 11.3 Å². The molecule has 0 bridgehead atoms. The average Bonchev–Trinajstić information content (AvgIpc) is 2.57. The molecule has 5 nitrogen and oxygen atoms in total. The molecule has 1 aliphatic carbocycles. The molecular formula is C11H19NO4S. The summed E-state index contributed by atoms with van der Waals surface area (Å²) in [5, 5.41) is 9.07. The van der Waals surface area contributed by atoms with Crippen molar-refractivity contribution in [3.8, 4) is 0 Å². The van der Waals surface area contributed by atoms with Crippen molar-refractivity contribution in [2.45, 2.75) is 32.6 Å². The van der Waals surface area contributed by atoms with E-state index in [0.717, 1.165) is 19.3 Å². The van der Waals surface area contributed by atoms with Gasteiger partial charge in [-0.3, -0.25) is 4.79 Å². The van der Waals surface area contributed by atoms with Gasteiger partial charge in [-0.1, -0.05) is 6.42 Å². The molecule has 17 heavy (non-hydrogen) atoms. The largest absolute Gasteiger partial charge is 0.481 e. The summed E-state index contributed by atoms with van der Waals surface area (Å²) in [5.74, 6) is -0.418. The highest BCUT2D eigenvalue weighted by molar-refractivity contribution is 7.89. The lowest BCUT2D eigenvalue weighted by Crippen LogP contribution is -2.38. The van der Waals surface area contributed by atoms with Gasteiger partial charge in [-0.2, -0.15) is 0 Å². The van der Waals surface area contributed by atoms with E-state index in [4.69, 9.17) is 5.11 Å². The van der Waals surface area contributed by atoms with Crippen molar-refractivity contribution in [2.75, 3.05) is 18.8 Å². The molecule has 0 spiro atoms. The van der Waals surface area contributed by atoms with Gasteiger partial charge in [0.25, 0.3) is 0 Å². The van der Waals surface area contributed by atoms with Gasteiger partial charge in [-0.25, -0.2) is 12.7 Å². The predicted octanol–water partition coefficient (Wildman–Crippen LogP) is 0.913. The second kappa shape index (κ2) is 4.24. The van der Waals surface area contributed by atoms with E-state index in [1.54, 1.807) is 6.92 Å². The first kappa shape index (κ1) is 12.8.